The molecule has 1 aromatic carbocycles. The maximum Gasteiger partial charge on any atom is 0.233 e. The van der Waals surface area contributed by atoms with Crippen LogP contribution in [0.15, 0.2) is 29.4 Å². The third kappa shape index (κ3) is 4.38. The number of aryl methyl sites for hydroxylation is 1. The molecule has 1 atom stereocenters. The molecule has 0 saturated heterocycles. The Kier molecular flexibility index (Phi) is 5.56. The number of benzene rings is 1. The van der Waals surface area contributed by atoms with E-state index in [4.69, 9.17) is 0 Å². The standard InChI is InChI=1S/C18H24N4OS/c1-12-7-9-14(10-8-12)11-19-17(23)13(2)24-18-20-16(21-22-18)15-5-3-4-6-15/h7-10,13,15H,3-6,11H2,1-2H3,(H,19,23)(H,20,21,22). The van der Waals surface area contributed by atoms with Gasteiger partial charge in [0.25, 0.3) is 0 Å². The van der Waals surface area contributed by atoms with Crippen molar-refractivity contribution in [1.29, 1.82) is 0 Å². The number of nitrogens with zero attached hydrogens (tertiary/aromatic N) is 2. The van der Waals surface area contributed by atoms with Crippen molar-refractivity contribution in [3.8, 4) is 0 Å². The molecule has 128 valence electrons. The summed E-state index contributed by atoms with van der Waals surface area (Å²) in [5.74, 6) is 1.49. The molecule has 6 heteroatoms. The first-order valence-electron chi connectivity index (χ1n) is 8.54. The van der Waals surface area contributed by atoms with Crippen molar-refractivity contribution in [3.63, 3.8) is 0 Å². The van der Waals surface area contributed by atoms with Crippen LogP contribution < -0.4 is 5.32 Å². The second kappa shape index (κ2) is 7.83. The smallest absolute Gasteiger partial charge is 0.233 e. The minimum Gasteiger partial charge on any atom is -0.351 e. The molecule has 1 heterocycles. The lowest BCUT2D eigenvalue weighted by atomic mass is 10.1. The third-order valence-corrected chi connectivity index (χ3v) is 5.42. The van der Waals surface area contributed by atoms with E-state index in [9.17, 15) is 4.79 Å². The van der Waals surface area contributed by atoms with Crippen LogP contribution >= 0.6 is 11.8 Å². The highest BCUT2D eigenvalue weighted by molar-refractivity contribution is 8.00. The average molecular weight is 344 g/mol. The molecule has 3 rings (SSSR count). The van der Waals surface area contributed by atoms with E-state index in [-0.39, 0.29) is 11.2 Å². The van der Waals surface area contributed by atoms with Gasteiger partial charge in [-0.25, -0.2) is 4.98 Å². The summed E-state index contributed by atoms with van der Waals surface area (Å²) >= 11 is 1.40. The number of hydrogen-bond donors (Lipinski definition) is 2. The van der Waals surface area contributed by atoms with E-state index in [1.54, 1.807) is 0 Å². The van der Waals surface area contributed by atoms with Gasteiger partial charge in [-0.2, -0.15) is 0 Å². The highest BCUT2D eigenvalue weighted by Gasteiger charge is 2.22. The van der Waals surface area contributed by atoms with E-state index in [1.165, 1.54) is 43.0 Å². The highest BCUT2D eigenvalue weighted by atomic mass is 32.2. The predicted molar refractivity (Wildman–Crippen MR) is 95.9 cm³/mol. The molecule has 0 aliphatic heterocycles. The molecule has 1 saturated carbocycles. The van der Waals surface area contributed by atoms with Crippen molar-refractivity contribution >= 4 is 17.7 Å². The topological polar surface area (TPSA) is 70.7 Å². The van der Waals surface area contributed by atoms with E-state index < -0.39 is 0 Å². The zero-order chi connectivity index (χ0) is 16.9. The molecule has 1 aliphatic rings. The van der Waals surface area contributed by atoms with Gasteiger partial charge in [0.1, 0.15) is 5.82 Å². The lowest BCUT2D eigenvalue weighted by Crippen LogP contribution is -2.30. The van der Waals surface area contributed by atoms with Crippen molar-refractivity contribution < 1.29 is 4.79 Å². The summed E-state index contributed by atoms with van der Waals surface area (Å²) < 4.78 is 0. The van der Waals surface area contributed by atoms with Gasteiger partial charge in [-0.05, 0) is 32.3 Å². The first-order chi connectivity index (χ1) is 11.6. The van der Waals surface area contributed by atoms with Crippen LogP contribution in [0.4, 0.5) is 0 Å². The Hall–Kier alpha value is -1.82. The van der Waals surface area contributed by atoms with Gasteiger partial charge in [-0.1, -0.05) is 54.4 Å². The van der Waals surface area contributed by atoms with E-state index in [0.29, 0.717) is 17.6 Å². The monoisotopic (exact) mass is 344 g/mol. The highest BCUT2D eigenvalue weighted by Crippen LogP contribution is 2.33. The van der Waals surface area contributed by atoms with Crippen LogP contribution in [0.2, 0.25) is 0 Å². The number of H-pyrrole nitrogens is 1. The van der Waals surface area contributed by atoms with Crippen LogP contribution in [0.25, 0.3) is 0 Å². The largest absolute Gasteiger partial charge is 0.351 e. The second-order valence-corrected chi connectivity index (χ2v) is 7.76. The molecular weight excluding hydrogens is 320 g/mol. The van der Waals surface area contributed by atoms with Gasteiger partial charge in [0.05, 0.1) is 5.25 Å². The van der Waals surface area contributed by atoms with E-state index in [2.05, 4.69) is 39.6 Å². The van der Waals surface area contributed by atoms with Crippen molar-refractivity contribution in [2.45, 2.75) is 62.4 Å². The number of hydrogen-bond acceptors (Lipinski definition) is 4. The first kappa shape index (κ1) is 17.0. The van der Waals surface area contributed by atoms with Gasteiger partial charge < -0.3 is 5.32 Å². The molecule has 1 unspecified atom stereocenters. The van der Waals surface area contributed by atoms with Gasteiger partial charge >= 0.3 is 0 Å². The van der Waals surface area contributed by atoms with E-state index >= 15 is 0 Å². The minimum atomic E-state index is -0.220. The minimum absolute atomic E-state index is 0.00721. The number of aromatic amines is 1. The summed E-state index contributed by atoms with van der Waals surface area (Å²) in [6.07, 6.45) is 4.91. The van der Waals surface area contributed by atoms with Crippen molar-refractivity contribution in [2.75, 3.05) is 0 Å². The number of nitrogens with one attached hydrogen (secondary N) is 2. The molecule has 5 nitrogen and oxygen atoms in total. The van der Waals surface area contributed by atoms with Crippen LogP contribution in [0, 0.1) is 6.92 Å². The third-order valence-electron chi connectivity index (χ3n) is 4.46. The SMILES string of the molecule is Cc1ccc(CNC(=O)C(C)Sc2n[nH]c(C3CCCC3)n2)cc1. The molecule has 1 aliphatic carbocycles. The van der Waals surface area contributed by atoms with Crippen LogP contribution in [0.3, 0.4) is 0 Å². The summed E-state index contributed by atoms with van der Waals surface area (Å²) in [6, 6.07) is 8.18. The molecular formula is C18H24N4OS. The first-order valence-corrected chi connectivity index (χ1v) is 9.42. The number of carbonyl (C=O) groups is 1. The fourth-order valence-electron chi connectivity index (χ4n) is 2.94. The van der Waals surface area contributed by atoms with Gasteiger partial charge in [0.15, 0.2) is 0 Å². The van der Waals surface area contributed by atoms with Gasteiger partial charge in [-0.15, -0.1) is 5.10 Å². The summed E-state index contributed by atoms with van der Waals surface area (Å²) in [5, 5.41) is 10.7. The van der Waals surface area contributed by atoms with Gasteiger partial charge in [0.2, 0.25) is 11.1 Å². The van der Waals surface area contributed by atoms with Crippen LogP contribution in [0.5, 0.6) is 0 Å². The Morgan fingerprint density at radius 1 is 1.33 bits per heavy atom. The fraction of sp³-hybridized carbons (Fsp3) is 0.500. The molecule has 1 amide bonds. The average Bonchev–Trinajstić information content (AvgIpc) is 3.25. The van der Waals surface area contributed by atoms with Crippen molar-refractivity contribution in [2.24, 2.45) is 0 Å². The Bertz CT molecular complexity index is 677. The number of rotatable bonds is 6. The summed E-state index contributed by atoms with van der Waals surface area (Å²) in [6.45, 7) is 4.49. The summed E-state index contributed by atoms with van der Waals surface area (Å²) in [5.41, 5.74) is 2.32. The van der Waals surface area contributed by atoms with Crippen LogP contribution in [-0.2, 0) is 11.3 Å². The zero-order valence-electron chi connectivity index (χ0n) is 14.2. The molecule has 0 bridgehead atoms. The summed E-state index contributed by atoms with van der Waals surface area (Å²) in [7, 11) is 0. The van der Waals surface area contributed by atoms with Gasteiger partial charge in [0, 0.05) is 12.5 Å². The number of carbonyl (C=O) groups excluding carboxylic acids is 1. The zero-order valence-corrected chi connectivity index (χ0v) is 15.0. The van der Waals surface area contributed by atoms with Crippen LogP contribution in [0.1, 0.15) is 55.5 Å². The maximum absolute atomic E-state index is 12.3. The normalized spacial score (nSPS) is 16.2. The fourth-order valence-corrected chi connectivity index (χ4v) is 3.70. The van der Waals surface area contributed by atoms with Crippen LogP contribution in [-0.4, -0.2) is 26.3 Å². The number of amides is 1. The number of thioether (sulfide) groups is 1. The van der Waals surface area contributed by atoms with Crippen molar-refractivity contribution in [3.05, 3.63) is 41.2 Å². The van der Waals surface area contributed by atoms with E-state index in [0.717, 1.165) is 11.4 Å². The molecule has 2 N–H and O–H groups in total. The van der Waals surface area contributed by atoms with Crippen molar-refractivity contribution in [1.82, 2.24) is 20.5 Å². The molecule has 0 radical (unpaired) electrons. The predicted octanol–water partition coefficient (Wildman–Crippen LogP) is 3.57. The lowest BCUT2D eigenvalue weighted by Gasteiger charge is -2.10. The molecule has 0 spiro atoms. The second-order valence-electron chi connectivity index (χ2n) is 6.45. The Balaban J connectivity index is 1.49. The quantitative estimate of drug-likeness (QED) is 0.786. The molecule has 24 heavy (non-hydrogen) atoms. The Morgan fingerprint density at radius 3 is 2.75 bits per heavy atom. The van der Waals surface area contributed by atoms with E-state index in [1.807, 2.05) is 19.1 Å². The maximum atomic E-state index is 12.3. The lowest BCUT2D eigenvalue weighted by molar-refractivity contribution is -0.120. The number of aromatic nitrogens is 3. The Morgan fingerprint density at radius 2 is 2.04 bits per heavy atom. The Labute approximate surface area is 147 Å². The van der Waals surface area contributed by atoms with Gasteiger partial charge in [-0.3, -0.25) is 9.89 Å². The molecule has 1 fully saturated rings. The molecule has 2 aromatic rings. The molecule has 1 aromatic heterocycles. The summed E-state index contributed by atoms with van der Waals surface area (Å²) in [4.78, 5) is 16.8.